The molecule has 0 spiro atoms. The van der Waals surface area contributed by atoms with Gasteiger partial charge >= 0.3 is 0 Å². The molecule has 4 rings (SSSR count). The van der Waals surface area contributed by atoms with Crippen molar-refractivity contribution in [2.24, 2.45) is 0 Å². The molecular formula is C18H16O7. The highest BCUT2D eigenvalue weighted by Gasteiger charge is 2.32. The van der Waals surface area contributed by atoms with Crippen LogP contribution in [-0.2, 0) is 0 Å². The SMILES string of the molecule is O=C1C[C@@H](c2ccc3c(c2)O[C@H](CO)CO3)Oc2cc(O)cc(O)c21. The van der Waals surface area contributed by atoms with Gasteiger partial charge in [0.1, 0.15) is 35.5 Å². The van der Waals surface area contributed by atoms with Gasteiger partial charge in [-0.3, -0.25) is 4.79 Å². The van der Waals surface area contributed by atoms with E-state index in [1.807, 2.05) is 0 Å². The van der Waals surface area contributed by atoms with Crippen LogP contribution in [0, 0.1) is 0 Å². The largest absolute Gasteiger partial charge is 0.508 e. The molecule has 0 bridgehead atoms. The molecular weight excluding hydrogens is 328 g/mol. The van der Waals surface area contributed by atoms with Crippen LogP contribution < -0.4 is 14.2 Å². The number of ketones is 1. The number of aliphatic hydroxyl groups is 1. The first-order chi connectivity index (χ1) is 12.0. The fourth-order valence-corrected chi connectivity index (χ4v) is 3.03. The molecule has 3 N–H and O–H groups in total. The van der Waals surface area contributed by atoms with Crippen molar-refractivity contribution in [1.29, 1.82) is 0 Å². The predicted octanol–water partition coefficient (Wildman–Crippen LogP) is 1.94. The van der Waals surface area contributed by atoms with E-state index in [1.165, 1.54) is 6.07 Å². The van der Waals surface area contributed by atoms with Crippen molar-refractivity contribution in [2.45, 2.75) is 18.6 Å². The minimum absolute atomic E-state index is 0.0500. The smallest absolute Gasteiger partial charge is 0.174 e. The molecule has 0 saturated heterocycles. The third kappa shape index (κ3) is 2.72. The Labute approximate surface area is 143 Å². The van der Waals surface area contributed by atoms with Crippen LogP contribution in [0.2, 0.25) is 0 Å². The average Bonchev–Trinajstić information content (AvgIpc) is 2.59. The molecule has 7 heteroatoms. The fraction of sp³-hybridized carbons (Fsp3) is 0.278. The van der Waals surface area contributed by atoms with Gasteiger partial charge in [0.05, 0.1) is 13.0 Å². The molecule has 2 aliphatic heterocycles. The Morgan fingerprint density at radius 3 is 2.68 bits per heavy atom. The molecule has 2 heterocycles. The van der Waals surface area contributed by atoms with Crippen LogP contribution in [-0.4, -0.2) is 40.4 Å². The van der Waals surface area contributed by atoms with Crippen molar-refractivity contribution >= 4 is 5.78 Å². The third-order valence-corrected chi connectivity index (χ3v) is 4.25. The number of hydrogen-bond acceptors (Lipinski definition) is 7. The molecule has 25 heavy (non-hydrogen) atoms. The maximum atomic E-state index is 12.4. The fourth-order valence-electron chi connectivity index (χ4n) is 3.03. The Hall–Kier alpha value is -2.93. The second-order valence-electron chi connectivity index (χ2n) is 6.01. The number of hydrogen-bond donors (Lipinski definition) is 3. The monoisotopic (exact) mass is 344 g/mol. The van der Waals surface area contributed by atoms with Gasteiger partial charge in [-0.1, -0.05) is 6.07 Å². The van der Waals surface area contributed by atoms with Crippen LogP contribution in [0.5, 0.6) is 28.7 Å². The second kappa shape index (κ2) is 5.86. The molecule has 7 nitrogen and oxygen atoms in total. The number of carbonyl (C=O) groups excluding carboxylic acids is 1. The Morgan fingerprint density at radius 1 is 1.04 bits per heavy atom. The summed E-state index contributed by atoms with van der Waals surface area (Å²) in [4.78, 5) is 12.4. The van der Waals surface area contributed by atoms with Gasteiger partial charge in [-0.2, -0.15) is 0 Å². The average molecular weight is 344 g/mol. The van der Waals surface area contributed by atoms with Crippen LogP contribution >= 0.6 is 0 Å². The van der Waals surface area contributed by atoms with Gasteiger partial charge in [0.25, 0.3) is 0 Å². The van der Waals surface area contributed by atoms with Gasteiger partial charge in [-0.25, -0.2) is 0 Å². The van der Waals surface area contributed by atoms with Gasteiger partial charge in [-0.05, 0) is 17.7 Å². The topological polar surface area (TPSA) is 105 Å². The Bertz CT molecular complexity index is 846. The number of aromatic hydroxyl groups is 2. The summed E-state index contributed by atoms with van der Waals surface area (Å²) in [6, 6.07) is 7.62. The van der Waals surface area contributed by atoms with E-state index in [9.17, 15) is 20.1 Å². The number of rotatable bonds is 2. The highest BCUT2D eigenvalue weighted by Crippen LogP contribution is 2.43. The van der Waals surface area contributed by atoms with Crippen molar-refractivity contribution < 1.29 is 34.3 Å². The normalized spacial score (nSPS) is 21.4. The van der Waals surface area contributed by atoms with E-state index in [2.05, 4.69) is 0 Å². The first-order valence-electron chi connectivity index (χ1n) is 7.85. The van der Waals surface area contributed by atoms with Crippen molar-refractivity contribution in [1.82, 2.24) is 0 Å². The lowest BCUT2D eigenvalue weighted by molar-refractivity contribution is 0.0452. The van der Waals surface area contributed by atoms with Crippen molar-refractivity contribution in [2.75, 3.05) is 13.2 Å². The van der Waals surface area contributed by atoms with Crippen molar-refractivity contribution in [3.63, 3.8) is 0 Å². The van der Waals surface area contributed by atoms with E-state index in [0.29, 0.717) is 17.1 Å². The summed E-state index contributed by atoms with van der Waals surface area (Å²) in [6.07, 6.45) is -0.968. The molecule has 0 fully saturated rings. The summed E-state index contributed by atoms with van der Waals surface area (Å²) in [5.74, 6) is 0.424. The lowest BCUT2D eigenvalue weighted by atomic mass is 9.95. The number of phenolic OH excluding ortho intramolecular Hbond substituents is 2. The molecule has 2 aliphatic rings. The Balaban J connectivity index is 1.66. The van der Waals surface area contributed by atoms with Gasteiger partial charge in [-0.15, -0.1) is 0 Å². The molecule has 2 aromatic rings. The third-order valence-electron chi connectivity index (χ3n) is 4.25. The molecule has 0 saturated carbocycles. The number of Topliss-reactive ketones (excluding diaryl/α,β-unsaturated/α-hetero) is 1. The minimum Gasteiger partial charge on any atom is -0.508 e. The highest BCUT2D eigenvalue weighted by atomic mass is 16.6. The zero-order valence-corrected chi connectivity index (χ0v) is 13.1. The summed E-state index contributed by atoms with van der Waals surface area (Å²) in [7, 11) is 0. The van der Waals surface area contributed by atoms with E-state index >= 15 is 0 Å². The molecule has 0 amide bonds. The zero-order valence-electron chi connectivity index (χ0n) is 13.1. The van der Waals surface area contributed by atoms with E-state index < -0.39 is 12.2 Å². The first kappa shape index (κ1) is 15.6. The lowest BCUT2D eigenvalue weighted by Crippen LogP contribution is -2.32. The summed E-state index contributed by atoms with van der Waals surface area (Å²) in [6.45, 7) is 0.112. The zero-order chi connectivity index (χ0) is 17.6. The maximum Gasteiger partial charge on any atom is 0.174 e. The number of phenols is 2. The number of ether oxygens (including phenoxy) is 3. The van der Waals surface area contributed by atoms with E-state index in [4.69, 9.17) is 14.2 Å². The molecule has 0 radical (unpaired) electrons. The molecule has 0 aromatic heterocycles. The lowest BCUT2D eigenvalue weighted by Gasteiger charge is -2.29. The van der Waals surface area contributed by atoms with Crippen molar-refractivity contribution in [3.05, 3.63) is 41.5 Å². The van der Waals surface area contributed by atoms with Gasteiger partial charge in [0, 0.05) is 12.1 Å². The van der Waals surface area contributed by atoms with Crippen molar-refractivity contribution in [3.8, 4) is 28.7 Å². The van der Waals surface area contributed by atoms with Crippen LogP contribution in [0.1, 0.15) is 28.4 Å². The maximum absolute atomic E-state index is 12.4. The summed E-state index contributed by atoms with van der Waals surface area (Å²) < 4.78 is 17.0. The van der Waals surface area contributed by atoms with E-state index in [-0.39, 0.29) is 48.2 Å². The molecule has 2 aromatic carbocycles. The molecule has 2 atom stereocenters. The number of fused-ring (bicyclic) bond motifs is 2. The number of aliphatic hydroxyl groups excluding tert-OH is 1. The summed E-state index contributed by atoms with van der Waals surface area (Å²) in [5.41, 5.74) is 0.773. The minimum atomic E-state index is -0.579. The predicted molar refractivity (Wildman–Crippen MR) is 85.5 cm³/mol. The quantitative estimate of drug-likeness (QED) is 0.764. The standard InChI is InChI=1S/C18H16O7/c19-7-11-8-23-14-2-1-9(3-16(14)24-11)15-6-13(22)18-12(21)4-10(20)5-17(18)25-15/h1-5,11,15,19-21H,6-8H2/t11-,15+/m1/s1. The molecule has 130 valence electrons. The molecule has 0 aliphatic carbocycles. The number of carbonyl (C=O) groups is 1. The van der Waals surface area contributed by atoms with Crippen LogP contribution in [0.3, 0.4) is 0 Å². The molecule has 0 unspecified atom stereocenters. The van der Waals surface area contributed by atoms with Gasteiger partial charge < -0.3 is 29.5 Å². The summed E-state index contributed by atoms with van der Waals surface area (Å²) >= 11 is 0. The number of benzene rings is 2. The van der Waals surface area contributed by atoms with E-state index in [1.54, 1.807) is 18.2 Å². The Morgan fingerprint density at radius 2 is 1.88 bits per heavy atom. The van der Waals surface area contributed by atoms with E-state index in [0.717, 1.165) is 6.07 Å². The first-order valence-corrected chi connectivity index (χ1v) is 7.85. The van der Waals surface area contributed by atoms with Crippen LogP contribution in [0.4, 0.5) is 0 Å². The van der Waals surface area contributed by atoms with Crippen LogP contribution in [0.15, 0.2) is 30.3 Å². The summed E-state index contributed by atoms with van der Waals surface area (Å²) in [5, 5.41) is 28.7. The highest BCUT2D eigenvalue weighted by molar-refractivity contribution is 6.02. The van der Waals surface area contributed by atoms with Gasteiger partial charge in [0.2, 0.25) is 0 Å². The Kier molecular flexibility index (Phi) is 3.65. The van der Waals surface area contributed by atoms with Gasteiger partial charge in [0.15, 0.2) is 23.4 Å². The second-order valence-corrected chi connectivity index (χ2v) is 6.01. The van der Waals surface area contributed by atoms with Crippen LogP contribution in [0.25, 0.3) is 0 Å².